The number of hydrogen-bond acceptors (Lipinski definition) is 4. The maximum absolute atomic E-state index is 11.1. The number of nitrogens with one attached hydrogen (secondary N) is 2. The fourth-order valence-electron chi connectivity index (χ4n) is 0.770. The van der Waals surface area contributed by atoms with Crippen molar-refractivity contribution in [1.29, 1.82) is 0 Å². The Hall–Kier alpha value is -1.56. The summed E-state index contributed by atoms with van der Waals surface area (Å²) in [6.45, 7) is 0.0129. The molecule has 0 unspecified atom stereocenters. The van der Waals surface area contributed by atoms with Crippen LogP contribution in [0.3, 0.4) is 0 Å². The molecule has 0 aliphatic carbocycles. The highest BCUT2D eigenvalue weighted by atomic mass is 35.5. The van der Waals surface area contributed by atoms with Gasteiger partial charge < -0.3 is 9.72 Å². The number of ether oxygens (including phenoxy) is 1. The van der Waals surface area contributed by atoms with Crippen molar-refractivity contribution < 1.29 is 9.53 Å². The van der Waals surface area contributed by atoms with Gasteiger partial charge in [0, 0.05) is 6.20 Å². The van der Waals surface area contributed by atoms with Crippen LogP contribution in [-0.2, 0) is 4.74 Å². The van der Waals surface area contributed by atoms with E-state index < -0.39 is 17.2 Å². The van der Waals surface area contributed by atoms with E-state index in [0.717, 1.165) is 6.20 Å². The smallest absolute Gasteiger partial charge is 0.345 e. The third-order valence-electron chi connectivity index (χ3n) is 1.35. The molecule has 0 aromatic carbocycles. The summed E-state index contributed by atoms with van der Waals surface area (Å²) in [6, 6.07) is 0. The topological polar surface area (TPSA) is 92.0 Å². The molecule has 0 fully saturated rings. The van der Waals surface area contributed by atoms with Crippen molar-refractivity contribution in [3.63, 3.8) is 0 Å². The Morgan fingerprint density at radius 3 is 2.79 bits per heavy atom. The van der Waals surface area contributed by atoms with Gasteiger partial charge in [0.1, 0.15) is 12.2 Å². The second-order valence-electron chi connectivity index (χ2n) is 2.31. The molecule has 0 amide bonds. The van der Waals surface area contributed by atoms with Crippen molar-refractivity contribution in [3.05, 3.63) is 32.6 Å². The summed E-state index contributed by atoms with van der Waals surface area (Å²) >= 11 is 5.28. The second kappa shape index (κ2) is 4.61. The van der Waals surface area contributed by atoms with Crippen molar-refractivity contribution >= 4 is 17.6 Å². The van der Waals surface area contributed by atoms with Crippen LogP contribution < -0.4 is 11.2 Å². The van der Waals surface area contributed by atoms with E-state index in [-0.39, 0.29) is 18.1 Å². The lowest BCUT2D eigenvalue weighted by Gasteiger charge is -1.99. The minimum Gasteiger partial charge on any atom is -0.461 e. The Bertz CT molecular complexity index is 436. The van der Waals surface area contributed by atoms with Gasteiger partial charge >= 0.3 is 11.7 Å². The van der Waals surface area contributed by atoms with Gasteiger partial charge in [0.2, 0.25) is 0 Å². The summed E-state index contributed by atoms with van der Waals surface area (Å²) in [7, 11) is 0. The Labute approximate surface area is 82.9 Å². The van der Waals surface area contributed by atoms with Crippen LogP contribution in [-0.4, -0.2) is 28.4 Å². The van der Waals surface area contributed by atoms with Gasteiger partial charge in [-0.2, -0.15) is 0 Å². The van der Waals surface area contributed by atoms with Gasteiger partial charge in [-0.05, 0) is 0 Å². The molecule has 2 N–H and O–H groups in total. The van der Waals surface area contributed by atoms with Gasteiger partial charge in [-0.3, -0.25) is 9.78 Å². The molecular weight excluding hydrogens is 212 g/mol. The van der Waals surface area contributed by atoms with Crippen molar-refractivity contribution in [2.45, 2.75) is 0 Å². The lowest BCUT2D eigenvalue weighted by Crippen LogP contribution is -2.28. The molecule has 0 bridgehead atoms. The highest BCUT2D eigenvalue weighted by Gasteiger charge is 2.11. The average Bonchev–Trinajstić information content (AvgIpc) is 2.14. The zero-order valence-corrected chi connectivity index (χ0v) is 7.76. The highest BCUT2D eigenvalue weighted by Crippen LogP contribution is 1.90. The normalized spacial score (nSPS) is 9.79. The molecule has 0 aliphatic heterocycles. The van der Waals surface area contributed by atoms with Crippen molar-refractivity contribution in [3.8, 4) is 0 Å². The minimum atomic E-state index is -0.817. The van der Waals surface area contributed by atoms with Crippen molar-refractivity contribution in [1.82, 2.24) is 9.97 Å². The predicted octanol–water partition coefficient (Wildman–Crippen LogP) is -0.541. The molecule has 0 atom stereocenters. The summed E-state index contributed by atoms with van der Waals surface area (Å²) in [4.78, 5) is 36.8. The molecule has 7 heteroatoms. The van der Waals surface area contributed by atoms with E-state index in [2.05, 4.69) is 9.72 Å². The van der Waals surface area contributed by atoms with Crippen LogP contribution in [0.5, 0.6) is 0 Å². The molecular formula is C7H7ClN2O4. The number of H-pyrrole nitrogens is 2. The second-order valence-corrected chi connectivity index (χ2v) is 2.69. The van der Waals surface area contributed by atoms with Crippen LogP contribution in [0.4, 0.5) is 0 Å². The Balaban J connectivity index is 2.91. The lowest BCUT2D eigenvalue weighted by atomic mass is 10.3. The minimum absolute atomic E-state index is 0.0129. The van der Waals surface area contributed by atoms with Crippen LogP contribution in [0.25, 0.3) is 0 Å². The number of carbonyl (C=O) groups excluding carboxylic acids is 1. The fourth-order valence-corrected chi connectivity index (χ4v) is 0.848. The van der Waals surface area contributed by atoms with Crippen molar-refractivity contribution in [2.75, 3.05) is 12.5 Å². The van der Waals surface area contributed by atoms with Gasteiger partial charge in [-0.15, -0.1) is 11.6 Å². The number of esters is 1. The number of carbonyl (C=O) groups is 1. The monoisotopic (exact) mass is 218 g/mol. The van der Waals surface area contributed by atoms with Crippen LogP contribution in [0.15, 0.2) is 15.8 Å². The van der Waals surface area contributed by atoms with Gasteiger partial charge in [0.25, 0.3) is 5.56 Å². The van der Waals surface area contributed by atoms with Gasteiger partial charge in [0.05, 0.1) is 5.88 Å². The zero-order chi connectivity index (χ0) is 10.6. The molecule has 1 aromatic rings. The molecule has 0 aliphatic rings. The van der Waals surface area contributed by atoms with Crippen LogP contribution in [0.1, 0.15) is 10.4 Å². The first-order valence-corrected chi connectivity index (χ1v) is 4.23. The third kappa shape index (κ3) is 2.46. The fraction of sp³-hybridized carbons (Fsp3) is 0.286. The molecule has 1 rings (SSSR count). The average molecular weight is 219 g/mol. The molecule has 0 saturated carbocycles. The largest absolute Gasteiger partial charge is 0.461 e. The van der Waals surface area contributed by atoms with E-state index >= 15 is 0 Å². The summed E-state index contributed by atoms with van der Waals surface area (Å²) in [5, 5.41) is 0. The van der Waals surface area contributed by atoms with Gasteiger partial charge in [-0.1, -0.05) is 0 Å². The highest BCUT2D eigenvalue weighted by molar-refractivity contribution is 6.18. The van der Waals surface area contributed by atoms with E-state index in [1.807, 2.05) is 4.98 Å². The van der Waals surface area contributed by atoms with E-state index in [1.54, 1.807) is 0 Å². The van der Waals surface area contributed by atoms with Crippen LogP contribution >= 0.6 is 11.6 Å². The Morgan fingerprint density at radius 1 is 1.50 bits per heavy atom. The van der Waals surface area contributed by atoms with Crippen LogP contribution in [0.2, 0.25) is 0 Å². The molecule has 76 valence electrons. The SMILES string of the molecule is O=C(OCCCl)c1c[nH]c(=O)[nH]c1=O. The standard InChI is InChI=1S/C7H7ClN2O4/c8-1-2-14-6(12)4-3-9-7(13)10-5(4)11/h3H,1-2H2,(H2,9,10,11,13). The number of aromatic nitrogens is 2. The summed E-state index contributed by atoms with van der Waals surface area (Å²) < 4.78 is 4.59. The molecule has 6 nitrogen and oxygen atoms in total. The first-order chi connectivity index (χ1) is 6.65. The van der Waals surface area contributed by atoms with Gasteiger partial charge in [-0.25, -0.2) is 9.59 Å². The number of halogens is 1. The maximum atomic E-state index is 11.1. The Kier molecular flexibility index (Phi) is 3.47. The maximum Gasteiger partial charge on any atom is 0.345 e. The first kappa shape index (κ1) is 10.5. The first-order valence-electron chi connectivity index (χ1n) is 3.70. The summed E-state index contributed by atoms with van der Waals surface area (Å²) in [6.07, 6.45) is 0.998. The number of aromatic amines is 2. The van der Waals surface area contributed by atoms with E-state index in [4.69, 9.17) is 11.6 Å². The lowest BCUT2D eigenvalue weighted by molar-refractivity contribution is 0.0526. The Morgan fingerprint density at radius 2 is 2.21 bits per heavy atom. The van der Waals surface area contributed by atoms with E-state index in [9.17, 15) is 14.4 Å². The molecule has 0 radical (unpaired) electrons. The summed E-state index contributed by atoms with van der Waals surface area (Å²) in [5.41, 5.74) is -1.72. The van der Waals surface area contributed by atoms with E-state index in [1.165, 1.54) is 0 Å². The number of alkyl halides is 1. The molecule has 14 heavy (non-hydrogen) atoms. The van der Waals surface area contributed by atoms with Gasteiger partial charge in [0.15, 0.2) is 0 Å². The van der Waals surface area contributed by atoms with Crippen molar-refractivity contribution in [2.24, 2.45) is 0 Å². The predicted molar refractivity (Wildman–Crippen MR) is 48.7 cm³/mol. The number of hydrogen-bond donors (Lipinski definition) is 2. The zero-order valence-electron chi connectivity index (χ0n) is 7.00. The molecule has 0 spiro atoms. The summed E-state index contributed by atoms with van der Waals surface area (Å²) in [5.74, 6) is -0.671. The number of rotatable bonds is 3. The molecule has 1 heterocycles. The molecule has 0 saturated heterocycles. The third-order valence-corrected chi connectivity index (χ3v) is 1.50. The quantitative estimate of drug-likeness (QED) is 0.526. The van der Waals surface area contributed by atoms with Crippen LogP contribution in [0, 0.1) is 0 Å². The molecule has 1 aromatic heterocycles. The van der Waals surface area contributed by atoms with E-state index in [0.29, 0.717) is 0 Å².